The summed E-state index contributed by atoms with van der Waals surface area (Å²) >= 11 is 0. The Labute approximate surface area is 147 Å². The molecule has 136 valence electrons. The number of carbonyl (C=O) groups is 1. The molecule has 4 nitrogen and oxygen atoms in total. The molecule has 1 unspecified atom stereocenters. The third-order valence-corrected chi connectivity index (χ3v) is 6.27. The van der Waals surface area contributed by atoms with Gasteiger partial charge in [-0.2, -0.15) is 0 Å². The zero-order valence-corrected chi connectivity index (χ0v) is 14.4. The molecule has 0 aromatic heterocycles. The van der Waals surface area contributed by atoms with Gasteiger partial charge in [0.15, 0.2) is 0 Å². The minimum Gasteiger partial charge on any atom is -0.365 e. The Morgan fingerprint density at radius 3 is 2.84 bits per heavy atom. The largest absolute Gasteiger partial charge is 0.365 e. The van der Waals surface area contributed by atoms with E-state index < -0.39 is 11.6 Å². The van der Waals surface area contributed by atoms with Gasteiger partial charge < -0.3 is 15.5 Å². The summed E-state index contributed by atoms with van der Waals surface area (Å²) in [6, 6.07) is 3.88. The summed E-state index contributed by atoms with van der Waals surface area (Å²) in [6.07, 6.45) is 5.06. The Bertz CT molecular complexity index is 648. The van der Waals surface area contributed by atoms with Crippen LogP contribution in [0.1, 0.15) is 32.1 Å². The van der Waals surface area contributed by atoms with E-state index in [2.05, 4.69) is 10.6 Å². The highest BCUT2D eigenvalue weighted by molar-refractivity contribution is 5.84. The third-order valence-electron chi connectivity index (χ3n) is 6.27. The first-order valence-corrected chi connectivity index (χ1v) is 9.31. The molecule has 6 heteroatoms. The lowest BCUT2D eigenvalue weighted by molar-refractivity contribution is -0.134. The summed E-state index contributed by atoms with van der Waals surface area (Å²) in [4.78, 5) is 14.7. The summed E-state index contributed by atoms with van der Waals surface area (Å²) < 4.78 is 28.0. The Kier molecular flexibility index (Phi) is 4.40. The molecule has 2 heterocycles. The number of hydrogen-bond acceptors (Lipinski definition) is 3. The summed E-state index contributed by atoms with van der Waals surface area (Å²) in [5.74, 6) is -0.540. The maximum absolute atomic E-state index is 14.0. The minimum atomic E-state index is -0.544. The molecule has 3 atom stereocenters. The number of para-hydroxylation sites is 1. The monoisotopic (exact) mass is 349 g/mol. The van der Waals surface area contributed by atoms with Gasteiger partial charge >= 0.3 is 0 Å². The average Bonchev–Trinajstić information content (AvgIpc) is 3.22. The van der Waals surface area contributed by atoms with E-state index in [0.717, 1.165) is 32.4 Å². The van der Waals surface area contributed by atoms with Crippen molar-refractivity contribution in [3.8, 4) is 0 Å². The van der Waals surface area contributed by atoms with Crippen LogP contribution in [0.4, 0.5) is 14.5 Å². The summed E-state index contributed by atoms with van der Waals surface area (Å²) in [6.45, 7) is 2.68. The lowest BCUT2D eigenvalue weighted by Gasteiger charge is -2.37. The first-order valence-electron chi connectivity index (χ1n) is 9.31. The van der Waals surface area contributed by atoms with Gasteiger partial charge in [-0.15, -0.1) is 0 Å². The third kappa shape index (κ3) is 2.90. The molecule has 3 aliphatic rings. The van der Waals surface area contributed by atoms with Gasteiger partial charge in [0.25, 0.3) is 0 Å². The first kappa shape index (κ1) is 16.8. The van der Waals surface area contributed by atoms with Crippen molar-refractivity contribution in [1.82, 2.24) is 10.6 Å². The average molecular weight is 349 g/mol. The van der Waals surface area contributed by atoms with Crippen molar-refractivity contribution in [3.05, 3.63) is 29.8 Å². The zero-order chi connectivity index (χ0) is 17.4. The van der Waals surface area contributed by atoms with Gasteiger partial charge in [-0.3, -0.25) is 4.79 Å². The van der Waals surface area contributed by atoms with Crippen molar-refractivity contribution in [2.45, 2.75) is 38.1 Å². The molecular formula is C19H25F2N3O. The number of nitrogens with zero attached hydrogens (tertiary/aromatic N) is 1. The van der Waals surface area contributed by atoms with Crippen LogP contribution >= 0.6 is 0 Å². The van der Waals surface area contributed by atoms with Crippen molar-refractivity contribution in [1.29, 1.82) is 0 Å². The van der Waals surface area contributed by atoms with Gasteiger partial charge in [-0.05, 0) is 43.9 Å². The number of rotatable bonds is 3. The van der Waals surface area contributed by atoms with Crippen LogP contribution < -0.4 is 15.5 Å². The van der Waals surface area contributed by atoms with Crippen molar-refractivity contribution < 1.29 is 13.6 Å². The van der Waals surface area contributed by atoms with Gasteiger partial charge in [-0.25, -0.2) is 8.78 Å². The van der Waals surface area contributed by atoms with Crippen molar-refractivity contribution in [2.24, 2.45) is 11.3 Å². The molecule has 4 rings (SSSR count). The van der Waals surface area contributed by atoms with E-state index in [1.54, 1.807) is 4.90 Å². The Hall–Kier alpha value is -1.69. The quantitative estimate of drug-likeness (QED) is 0.881. The highest BCUT2D eigenvalue weighted by atomic mass is 19.1. The number of anilines is 1. The Morgan fingerprint density at radius 2 is 2.04 bits per heavy atom. The van der Waals surface area contributed by atoms with Crippen LogP contribution in [-0.2, 0) is 4.79 Å². The molecule has 2 aliphatic heterocycles. The van der Waals surface area contributed by atoms with E-state index in [4.69, 9.17) is 0 Å². The van der Waals surface area contributed by atoms with E-state index in [9.17, 15) is 13.6 Å². The van der Waals surface area contributed by atoms with Crippen molar-refractivity contribution in [2.75, 3.05) is 31.1 Å². The minimum absolute atomic E-state index is 0.0236. The molecule has 1 amide bonds. The van der Waals surface area contributed by atoms with E-state index in [1.165, 1.54) is 24.6 Å². The Balaban J connectivity index is 1.43. The molecule has 3 fully saturated rings. The van der Waals surface area contributed by atoms with Crippen LogP contribution in [0.15, 0.2) is 18.2 Å². The molecule has 1 saturated carbocycles. The zero-order valence-electron chi connectivity index (χ0n) is 14.4. The topological polar surface area (TPSA) is 44.4 Å². The molecule has 1 aliphatic carbocycles. The number of hydrogen-bond donors (Lipinski definition) is 2. The van der Waals surface area contributed by atoms with Crippen LogP contribution in [0, 0.1) is 23.0 Å². The van der Waals surface area contributed by atoms with Gasteiger partial charge in [-0.1, -0.05) is 18.9 Å². The molecule has 2 N–H and O–H groups in total. The maximum Gasteiger partial charge on any atom is 0.228 e. The fourth-order valence-corrected chi connectivity index (χ4v) is 4.89. The number of benzene rings is 1. The van der Waals surface area contributed by atoms with E-state index >= 15 is 0 Å². The molecule has 25 heavy (non-hydrogen) atoms. The molecule has 2 saturated heterocycles. The highest BCUT2D eigenvalue weighted by Crippen LogP contribution is 2.44. The lowest BCUT2D eigenvalue weighted by Crippen LogP contribution is -2.51. The van der Waals surface area contributed by atoms with Crippen molar-refractivity contribution in [3.63, 3.8) is 0 Å². The number of fused-ring (bicyclic) bond motifs is 1. The van der Waals surface area contributed by atoms with Gasteiger partial charge in [0.2, 0.25) is 5.91 Å². The van der Waals surface area contributed by atoms with E-state index in [-0.39, 0.29) is 23.1 Å². The standard InChI is InChI=1S/C19H25F2N3O/c20-15-5-3-6-16(21)17(15)24-9-7-14(11-24)23-18(25)19-8-2-1-4-13(19)10-22-12-19/h3,5-6,13-14,22H,1-2,4,7-12H2,(H,23,25)/t13-,14?,19+/m0/s1. The molecule has 1 aromatic carbocycles. The van der Waals surface area contributed by atoms with Gasteiger partial charge in [0.05, 0.1) is 5.41 Å². The number of nitrogens with one attached hydrogen (secondary N) is 2. The summed E-state index contributed by atoms with van der Waals surface area (Å²) in [7, 11) is 0. The van der Waals surface area contributed by atoms with Gasteiger partial charge in [0.1, 0.15) is 17.3 Å². The van der Waals surface area contributed by atoms with Crippen LogP contribution in [0.2, 0.25) is 0 Å². The predicted octanol–water partition coefficient (Wildman–Crippen LogP) is 2.44. The molecule has 1 aromatic rings. The van der Waals surface area contributed by atoms with E-state index in [0.29, 0.717) is 25.4 Å². The SMILES string of the molecule is O=C(NC1CCN(c2c(F)cccc2F)C1)[C@@]12CCCC[C@H]1CNC2. The summed E-state index contributed by atoms with van der Waals surface area (Å²) in [5, 5.41) is 6.57. The molecular weight excluding hydrogens is 324 g/mol. The number of halogens is 2. The predicted molar refractivity (Wildman–Crippen MR) is 92.4 cm³/mol. The molecule has 0 radical (unpaired) electrons. The maximum atomic E-state index is 14.0. The molecule has 0 spiro atoms. The van der Waals surface area contributed by atoms with Gasteiger partial charge in [0, 0.05) is 25.7 Å². The summed E-state index contributed by atoms with van der Waals surface area (Å²) in [5.41, 5.74) is -0.259. The molecule has 0 bridgehead atoms. The van der Waals surface area contributed by atoms with Crippen LogP contribution in [0.3, 0.4) is 0 Å². The Morgan fingerprint density at radius 1 is 1.24 bits per heavy atom. The van der Waals surface area contributed by atoms with Crippen LogP contribution in [0.25, 0.3) is 0 Å². The number of carbonyl (C=O) groups excluding carboxylic acids is 1. The fourth-order valence-electron chi connectivity index (χ4n) is 4.89. The lowest BCUT2D eigenvalue weighted by atomic mass is 9.67. The normalized spacial score (nSPS) is 31.8. The van der Waals surface area contributed by atoms with Crippen LogP contribution in [-0.4, -0.2) is 38.1 Å². The van der Waals surface area contributed by atoms with Crippen LogP contribution in [0.5, 0.6) is 0 Å². The van der Waals surface area contributed by atoms with E-state index in [1.807, 2.05) is 0 Å². The second kappa shape index (κ2) is 6.56. The van der Waals surface area contributed by atoms with Crippen molar-refractivity contribution >= 4 is 11.6 Å². The second-order valence-electron chi connectivity index (χ2n) is 7.71. The highest BCUT2D eigenvalue weighted by Gasteiger charge is 2.50. The number of amides is 1. The fraction of sp³-hybridized carbons (Fsp3) is 0.632. The smallest absolute Gasteiger partial charge is 0.228 e. The first-order chi connectivity index (χ1) is 12.1. The second-order valence-corrected chi connectivity index (χ2v) is 7.71.